The largest absolute Gasteiger partial charge is 0.481 e. The maximum absolute atomic E-state index is 14.3. The van der Waals surface area contributed by atoms with Gasteiger partial charge in [-0.15, -0.1) is 0 Å². The van der Waals surface area contributed by atoms with Gasteiger partial charge in [0.25, 0.3) is 0 Å². The van der Waals surface area contributed by atoms with E-state index in [0.29, 0.717) is 17.9 Å². The minimum atomic E-state index is -4.37. The smallest absolute Gasteiger partial charge is 0.416 e. The molecular formula is C24H19F4NO3. The quantitative estimate of drug-likeness (QED) is 0.635. The summed E-state index contributed by atoms with van der Waals surface area (Å²) in [4.78, 5) is 15.5. The van der Waals surface area contributed by atoms with E-state index in [4.69, 9.17) is 4.74 Å². The van der Waals surface area contributed by atoms with Gasteiger partial charge in [0.1, 0.15) is 12.4 Å². The number of benzene rings is 1. The lowest BCUT2D eigenvalue weighted by Crippen LogP contribution is -2.13. The third-order valence-electron chi connectivity index (χ3n) is 6.57. The second kappa shape index (κ2) is 7.46. The van der Waals surface area contributed by atoms with Crippen LogP contribution in [0, 0.1) is 17.7 Å². The average molecular weight is 445 g/mol. The SMILES string of the molecule is O=C(O)C1C2Cc3cc(OCc4cc(C5C=CC(C(F)(F)F)=CC5)ccc4F)ncc3C21. The van der Waals surface area contributed by atoms with Crippen molar-refractivity contribution in [2.75, 3.05) is 0 Å². The van der Waals surface area contributed by atoms with Gasteiger partial charge >= 0.3 is 12.1 Å². The number of nitrogens with zero attached hydrogens (tertiary/aromatic N) is 1. The van der Waals surface area contributed by atoms with Crippen molar-refractivity contribution in [1.82, 2.24) is 4.98 Å². The Morgan fingerprint density at radius 1 is 1.25 bits per heavy atom. The number of pyridine rings is 1. The highest BCUT2D eigenvalue weighted by Gasteiger charge is 2.59. The number of allylic oxidation sites excluding steroid dienone is 4. The fraction of sp³-hybridized carbons (Fsp3) is 0.333. The van der Waals surface area contributed by atoms with E-state index < -0.39 is 23.5 Å². The lowest BCUT2D eigenvalue weighted by Gasteiger charge is -2.19. The Hall–Kier alpha value is -3.16. The van der Waals surface area contributed by atoms with E-state index in [2.05, 4.69) is 4.98 Å². The second-order valence-electron chi connectivity index (χ2n) is 8.48. The predicted octanol–water partition coefficient (Wildman–Crippen LogP) is 5.30. The lowest BCUT2D eigenvalue weighted by molar-refractivity contribution is -0.139. The molecule has 1 saturated carbocycles. The fourth-order valence-electron chi connectivity index (χ4n) is 4.85. The third-order valence-corrected chi connectivity index (χ3v) is 6.57. The van der Waals surface area contributed by atoms with Crippen molar-refractivity contribution in [3.8, 4) is 5.88 Å². The molecule has 3 aliphatic rings. The summed E-state index contributed by atoms with van der Waals surface area (Å²) in [5, 5.41) is 9.20. The summed E-state index contributed by atoms with van der Waals surface area (Å²) in [5.74, 6) is -1.38. The second-order valence-corrected chi connectivity index (χ2v) is 8.48. The van der Waals surface area contributed by atoms with Gasteiger partial charge in [-0.3, -0.25) is 4.79 Å². The van der Waals surface area contributed by atoms with Crippen LogP contribution in [0.2, 0.25) is 0 Å². The van der Waals surface area contributed by atoms with Crippen LogP contribution in [0.15, 0.2) is 54.3 Å². The van der Waals surface area contributed by atoms with Crippen LogP contribution in [-0.4, -0.2) is 22.2 Å². The number of aliphatic carboxylic acids is 1. The molecular weight excluding hydrogens is 426 g/mol. The van der Waals surface area contributed by atoms with Crippen LogP contribution in [0.25, 0.3) is 0 Å². The number of carbonyl (C=O) groups is 1. The highest BCUT2D eigenvalue weighted by Crippen LogP contribution is 2.61. The van der Waals surface area contributed by atoms with Crippen molar-refractivity contribution >= 4 is 5.97 Å². The normalized spacial score (nSPS) is 25.7. The summed E-state index contributed by atoms with van der Waals surface area (Å²) in [7, 11) is 0. The van der Waals surface area contributed by atoms with E-state index in [9.17, 15) is 27.5 Å². The summed E-state index contributed by atoms with van der Waals surface area (Å²) in [6.45, 7) is -0.0733. The van der Waals surface area contributed by atoms with Gasteiger partial charge in [0.05, 0.1) is 11.5 Å². The Morgan fingerprint density at radius 2 is 2.06 bits per heavy atom. The van der Waals surface area contributed by atoms with Gasteiger partial charge in [0.15, 0.2) is 0 Å². The van der Waals surface area contributed by atoms with Gasteiger partial charge in [-0.1, -0.05) is 24.3 Å². The van der Waals surface area contributed by atoms with E-state index in [1.165, 1.54) is 12.1 Å². The first-order chi connectivity index (χ1) is 15.2. The standard InChI is InChI=1S/C24H19F4NO3/c25-19-6-3-13(12-1-4-16(5-2-12)24(26,27)28)7-15(19)11-32-20-9-14-8-17-21(18(14)10-29-20)22(17)23(30)31/h1,3-7,9-10,12,17,21-22H,2,8,11H2,(H,30,31). The van der Waals surface area contributed by atoms with Crippen LogP contribution in [-0.2, 0) is 17.8 Å². The number of fused-ring (bicyclic) bond motifs is 3. The van der Waals surface area contributed by atoms with Gasteiger partial charge in [0, 0.05) is 29.7 Å². The first-order valence-corrected chi connectivity index (χ1v) is 10.3. The minimum Gasteiger partial charge on any atom is -0.481 e. The monoisotopic (exact) mass is 445 g/mol. The predicted molar refractivity (Wildman–Crippen MR) is 107 cm³/mol. The molecule has 3 aliphatic carbocycles. The topological polar surface area (TPSA) is 59.4 Å². The van der Waals surface area contributed by atoms with Gasteiger partial charge in [-0.2, -0.15) is 13.2 Å². The van der Waals surface area contributed by atoms with Crippen molar-refractivity contribution in [2.24, 2.45) is 11.8 Å². The maximum atomic E-state index is 14.3. The molecule has 4 atom stereocenters. The molecule has 0 spiro atoms. The highest BCUT2D eigenvalue weighted by molar-refractivity contribution is 5.77. The maximum Gasteiger partial charge on any atom is 0.416 e. The van der Waals surface area contributed by atoms with Gasteiger partial charge in [0.2, 0.25) is 5.88 Å². The van der Waals surface area contributed by atoms with E-state index in [1.807, 2.05) is 0 Å². The average Bonchev–Trinajstić information content (AvgIpc) is 3.35. The molecule has 1 aromatic carbocycles. The van der Waals surface area contributed by atoms with Gasteiger partial charge in [-0.05, 0) is 47.6 Å². The van der Waals surface area contributed by atoms with Crippen molar-refractivity contribution in [1.29, 1.82) is 0 Å². The molecule has 0 saturated heterocycles. The molecule has 4 nitrogen and oxygen atoms in total. The van der Waals surface area contributed by atoms with E-state index in [0.717, 1.165) is 23.3 Å². The van der Waals surface area contributed by atoms with Crippen molar-refractivity contribution in [3.05, 3.63) is 82.3 Å². The first kappa shape index (κ1) is 20.7. The van der Waals surface area contributed by atoms with Crippen LogP contribution in [0.4, 0.5) is 17.6 Å². The molecule has 4 unspecified atom stereocenters. The summed E-state index contributed by atoms with van der Waals surface area (Å²) in [6, 6.07) is 6.24. The number of rotatable bonds is 5. The van der Waals surface area contributed by atoms with Crippen LogP contribution in [0.1, 0.15) is 40.5 Å². The zero-order chi connectivity index (χ0) is 22.6. The number of alkyl halides is 3. The van der Waals surface area contributed by atoms with Crippen LogP contribution >= 0.6 is 0 Å². The minimum absolute atomic E-state index is 0.0219. The Bertz CT molecular complexity index is 1150. The van der Waals surface area contributed by atoms with Crippen molar-refractivity contribution in [2.45, 2.75) is 37.5 Å². The van der Waals surface area contributed by atoms with Crippen LogP contribution < -0.4 is 4.74 Å². The number of carboxylic acid groups (broad SMARTS) is 1. The fourth-order valence-corrected chi connectivity index (χ4v) is 4.85. The molecule has 0 radical (unpaired) electrons. The molecule has 8 heteroatoms. The zero-order valence-electron chi connectivity index (χ0n) is 16.8. The third kappa shape index (κ3) is 3.67. The number of hydrogen-bond acceptors (Lipinski definition) is 3. The zero-order valence-corrected chi connectivity index (χ0v) is 16.8. The Morgan fingerprint density at radius 3 is 2.75 bits per heavy atom. The molecule has 32 heavy (non-hydrogen) atoms. The number of ether oxygens (including phenoxy) is 1. The number of carboxylic acids is 1. The molecule has 0 bridgehead atoms. The first-order valence-electron chi connectivity index (χ1n) is 10.3. The molecule has 1 aromatic heterocycles. The number of halogens is 4. The summed E-state index contributed by atoms with van der Waals surface area (Å²) < 4.78 is 58.4. The summed E-state index contributed by atoms with van der Waals surface area (Å²) >= 11 is 0. The molecule has 1 fully saturated rings. The molecule has 0 amide bonds. The van der Waals surface area contributed by atoms with Crippen LogP contribution in [0.3, 0.4) is 0 Å². The van der Waals surface area contributed by atoms with Crippen molar-refractivity contribution in [3.63, 3.8) is 0 Å². The van der Waals surface area contributed by atoms with E-state index in [1.54, 1.807) is 24.4 Å². The lowest BCUT2D eigenvalue weighted by atomic mass is 9.89. The summed E-state index contributed by atoms with van der Waals surface area (Å²) in [5.41, 5.74) is 2.28. The number of hydrogen-bond donors (Lipinski definition) is 1. The highest BCUT2D eigenvalue weighted by atomic mass is 19.4. The molecule has 2 aromatic rings. The molecule has 5 rings (SSSR count). The summed E-state index contributed by atoms with van der Waals surface area (Å²) in [6.07, 6.45) is 1.81. The Kier molecular flexibility index (Phi) is 4.83. The molecule has 1 heterocycles. The molecule has 166 valence electrons. The van der Waals surface area contributed by atoms with Gasteiger partial charge < -0.3 is 9.84 Å². The molecule has 1 N–H and O–H groups in total. The van der Waals surface area contributed by atoms with E-state index in [-0.39, 0.29) is 42.3 Å². The Balaban J connectivity index is 1.26. The van der Waals surface area contributed by atoms with Crippen LogP contribution in [0.5, 0.6) is 5.88 Å². The van der Waals surface area contributed by atoms with E-state index >= 15 is 0 Å². The molecule has 0 aliphatic heterocycles. The van der Waals surface area contributed by atoms with Gasteiger partial charge in [-0.25, -0.2) is 9.37 Å². The Labute approximate surface area is 181 Å². The van der Waals surface area contributed by atoms with Crippen molar-refractivity contribution < 1.29 is 32.2 Å². The number of aromatic nitrogens is 1.